The van der Waals surface area contributed by atoms with Crippen molar-refractivity contribution in [1.29, 1.82) is 0 Å². The normalized spacial score (nSPS) is 10.2. The number of hydrogen-bond donors (Lipinski definition) is 0. The fraction of sp³-hybridized carbons (Fsp3) is 0. The smallest absolute Gasteiger partial charge is 0.258 e. The fourth-order valence-electron chi connectivity index (χ4n) is 1.17. The van der Waals surface area contributed by atoms with E-state index in [1.807, 2.05) is 0 Å². The molecule has 0 saturated carbocycles. The molecular formula is C9H5N2O2. The van der Waals surface area contributed by atoms with E-state index < -0.39 is 4.92 Å². The number of nitro groups is 1. The van der Waals surface area contributed by atoms with Gasteiger partial charge in [-0.05, 0) is 12.1 Å². The molecule has 0 amide bonds. The van der Waals surface area contributed by atoms with Crippen LogP contribution in [0.3, 0.4) is 0 Å². The van der Waals surface area contributed by atoms with Crippen LogP contribution in [0.4, 0.5) is 5.69 Å². The molecule has 0 aliphatic rings. The Labute approximate surface area is 74.0 Å². The van der Waals surface area contributed by atoms with E-state index in [1.165, 1.54) is 6.07 Å². The van der Waals surface area contributed by atoms with Gasteiger partial charge in [0.15, 0.2) is 0 Å². The van der Waals surface area contributed by atoms with Crippen molar-refractivity contribution in [2.24, 2.45) is 0 Å². The van der Waals surface area contributed by atoms with Crippen LogP contribution in [0, 0.1) is 16.2 Å². The molecule has 0 bridgehead atoms. The van der Waals surface area contributed by atoms with Gasteiger partial charge in [0.25, 0.3) is 5.69 Å². The molecule has 1 aromatic carbocycles. The van der Waals surface area contributed by atoms with Gasteiger partial charge < -0.3 is 0 Å². The second-order valence-electron chi connectivity index (χ2n) is 2.52. The van der Waals surface area contributed by atoms with E-state index in [4.69, 9.17) is 0 Å². The topological polar surface area (TPSA) is 56.0 Å². The van der Waals surface area contributed by atoms with Gasteiger partial charge in [0.1, 0.15) is 0 Å². The summed E-state index contributed by atoms with van der Waals surface area (Å²) in [6.45, 7) is 0. The quantitative estimate of drug-likeness (QED) is 0.489. The van der Waals surface area contributed by atoms with E-state index in [9.17, 15) is 10.1 Å². The van der Waals surface area contributed by atoms with Crippen LogP contribution in [0.2, 0.25) is 0 Å². The third-order valence-corrected chi connectivity index (χ3v) is 1.73. The van der Waals surface area contributed by atoms with E-state index >= 15 is 0 Å². The number of aromatic nitrogens is 1. The van der Waals surface area contributed by atoms with Gasteiger partial charge in [0.2, 0.25) is 0 Å². The SMILES string of the molecule is O=[N+]([O-])c1cccc2ncc[c]c12. The lowest BCUT2D eigenvalue weighted by Gasteiger charge is -1.95. The predicted octanol–water partition coefficient (Wildman–Crippen LogP) is 1.94. The molecule has 0 unspecified atom stereocenters. The van der Waals surface area contributed by atoms with E-state index in [1.54, 1.807) is 24.4 Å². The van der Waals surface area contributed by atoms with Gasteiger partial charge in [0, 0.05) is 18.3 Å². The molecule has 2 aromatic rings. The van der Waals surface area contributed by atoms with Crippen LogP contribution in [-0.2, 0) is 0 Å². The molecule has 0 aliphatic carbocycles. The summed E-state index contributed by atoms with van der Waals surface area (Å²) in [6, 6.07) is 9.14. The average molecular weight is 173 g/mol. The number of nitrogens with zero attached hydrogens (tertiary/aromatic N) is 2. The van der Waals surface area contributed by atoms with Crippen molar-refractivity contribution in [2.45, 2.75) is 0 Å². The third-order valence-electron chi connectivity index (χ3n) is 1.73. The maximum Gasteiger partial charge on any atom is 0.279 e. The molecule has 1 radical (unpaired) electrons. The second-order valence-corrected chi connectivity index (χ2v) is 2.52. The second kappa shape index (κ2) is 2.82. The van der Waals surface area contributed by atoms with E-state index in [0.717, 1.165) is 0 Å². The first-order chi connectivity index (χ1) is 6.29. The van der Waals surface area contributed by atoms with Crippen LogP contribution >= 0.6 is 0 Å². The van der Waals surface area contributed by atoms with E-state index in [0.29, 0.717) is 10.9 Å². The number of rotatable bonds is 1. The Hall–Kier alpha value is -1.97. The average Bonchev–Trinajstić information content (AvgIpc) is 2.17. The summed E-state index contributed by atoms with van der Waals surface area (Å²) in [6.07, 6.45) is 1.56. The maximum absolute atomic E-state index is 10.6. The highest BCUT2D eigenvalue weighted by atomic mass is 16.6. The summed E-state index contributed by atoms with van der Waals surface area (Å²) in [7, 11) is 0. The summed E-state index contributed by atoms with van der Waals surface area (Å²) < 4.78 is 0. The lowest BCUT2D eigenvalue weighted by molar-refractivity contribution is -0.383. The van der Waals surface area contributed by atoms with Crippen molar-refractivity contribution in [2.75, 3.05) is 0 Å². The standard InChI is InChI=1S/C9H5N2O2/c12-11(13)9-5-1-4-8-7(9)3-2-6-10-8/h1-2,4-6H. The molecule has 0 N–H and O–H groups in total. The number of fused-ring (bicyclic) bond motifs is 1. The Kier molecular flexibility index (Phi) is 1.66. The molecule has 2 rings (SSSR count). The van der Waals surface area contributed by atoms with Crippen molar-refractivity contribution >= 4 is 16.6 Å². The van der Waals surface area contributed by atoms with Gasteiger partial charge in [-0.15, -0.1) is 0 Å². The molecule has 1 heterocycles. The minimum atomic E-state index is -0.430. The van der Waals surface area contributed by atoms with Crippen LogP contribution in [0.1, 0.15) is 0 Å². The summed E-state index contributed by atoms with van der Waals surface area (Å²) in [5.74, 6) is 0. The number of benzene rings is 1. The molecule has 13 heavy (non-hydrogen) atoms. The van der Waals surface area contributed by atoms with Crippen molar-refractivity contribution < 1.29 is 4.92 Å². The minimum absolute atomic E-state index is 0.0469. The summed E-state index contributed by atoms with van der Waals surface area (Å²) in [5, 5.41) is 11.0. The maximum atomic E-state index is 10.6. The monoisotopic (exact) mass is 173 g/mol. The van der Waals surface area contributed by atoms with Crippen molar-refractivity contribution in [3.05, 3.63) is 46.6 Å². The van der Waals surface area contributed by atoms with E-state index in [-0.39, 0.29) is 5.69 Å². The summed E-state index contributed by atoms with van der Waals surface area (Å²) in [5.41, 5.74) is 0.641. The molecule has 0 fully saturated rings. The Morgan fingerprint density at radius 1 is 1.46 bits per heavy atom. The molecule has 0 saturated heterocycles. The first kappa shape index (κ1) is 7.67. The Morgan fingerprint density at radius 2 is 2.31 bits per heavy atom. The van der Waals surface area contributed by atoms with Gasteiger partial charge in [-0.3, -0.25) is 15.1 Å². The van der Waals surface area contributed by atoms with Gasteiger partial charge in [-0.2, -0.15) is 0 Å². The summed E-state index contributed by atoms with van der Waals surface area (Å²) in [4.78, 5) is 14.1. The first-order valence-electron chi connectivity index (χ1n) is 3.69. The predicted molar refractivity (Wildman–Crippen MR) is 47.2 cm³/mol. The fourth-order valence-corrected chi connectivity index (χ4v) is 1.17. The van der Waals surface area contributed by atoms with Crippen LogP contribution in [-0.4, -0.2) is 9.91 Å². The van der Waals surface area contributed by atoms with E-state index in [2.05, 4.69) is 11.1 Å². The molecule has 63 valence electrons. The lowest BCUT2D eigenvalue weighted by atomic mass is 10.2. The molecule has 0 atom stereocenters. The molecular weight excluding hydrogens is 168 g/mol. The zero-order valence-corrected chi connectivity index (χ0v) is 6.60. The Balaban J connectivity index is 2.83. The zero-order chi connectivity index (χ0) is 9.26. The highest BCUT2D eigenvalue weighted by Gasteiger charge is 2.10. The zero-order valence-electron chi connectivity index (χ0n) is 6.60. The number of non-ortho nitro benzene ring substituents is 1. The number of pyridine rings is 1. The highest BCUT2D eigenvalue weighted by Crippen LogP contribution is 2.22. The molecule has 4 nitrogen and oxygen atoms in total. The van der Waals surface area contributed by atoms with Gasteiger partial charge in [0.05, 0.1) is 15.8 Å². The highest BCUT2D eigenvalue weighted by molar-refractivity contribution is 5.86. The van der Waals surface area contributed by atoms with Crippen LogP contribution < -0.4 is 0 Å². The van der Waals surface area contributed by atoms with Gasteiger partial charge in [-0.1, -0.05) is 6.07 Å². The molecule has 1 aromatic heterocycles. The van der Waals surface area contributed by atoms with Crippen molar-refractivity contribution in [3.8, 4) is 0 Å². The molecule has 4 heteroatoms. The van der Waals surface area contributed by atoms with Gasteiger partial charge >= 0.3 is 0 Å². The van der Waals surface area contributed by atoms with Crippen molar-refractivity contribution in [1.82, 2.24) is 4.98 Å². The van der Waals surface area contributed by atoms with Crippen molar-refractivity contribution in [3.63, 3.8) is 0 Å². The van der Waals surface area contributed by atoms with Crippen LogP contribution in [0.5, 0.6) is 0 Å². The van der Waals surface area contributed by atoms with Crippen LogP contribution in [0.15, 0.2) is 30.5 Å². The summed E-state index contributed by atoms with van der Waals surface area (Å²) >= 11 is 0. The molecule has 0 aliphatic heterocycles. The van der Waals surface area contributed by atoms with Gasteiger partial charge in [-0.25, -0.2) is 0 Å². The largest absolute Gasteiger partial charge is 0.279 e. The minimum Gasteiger partial charge on any atom is -0.258 e. The van der Waals surface area contributed by atoms with Crippen LogP contribution in [0.25, 0.3) is 10.9 Å². The Morgan fingerprint density at radius 3 is 3.08 bits per heavy atom. The lowest BCUT2D eigenvalue weighted by Crippen LogP contribution is -1.89. The number of hydrogen-bond acceptors (Lipinski definition) is 3. The Bertz CT molecular complexity index is 463. The number of nitro benzene ring substituents is 1. The molecule has 0 spiro atoms. The third kappa shape index (κ3) is 1.22. The first-order valence-corrected chi connectivity index (χ1v) is 3.69.